The van der Waals surface area contributed by atoms with Crippen LogP contribution >= 0.6 is 0 Å². The van der Waals surface area contributed by atoms with E-state index in [0.29, 0.717) is 31.6 Å². The van der Waals surface area contributed by atoms with E-state index < -0.39 is 23.6 Å². The lowest BCUT2D eigenvalue weighted by Gasteiger charge is -2.33. The third-order valence-corrected chi connectivity index (χ3v) is 3.72. The summed E-state index contributed by atoms with van der Waals surface area (Å²) in [7, 11) is 0. The monoisotopic (exact) mass is 287 g/mol. The lowest BCUT2D eigenvalue weighted by molar-refractivity contribution is -0.142. The Morgan fingerprint density at radius 1 is 1.30 bits per heavy atom. The van der Waals surface area contributed by atoms with E-state index >= 15 is 0 Å². The van der Waals surface area contributed by atoms with Gasteiger partial charge in [0.05, 0.1) is 11.5 Å². The number of benzene rings is 1. The van der Waals surface area contributed by atoms with Crippen molar-refractivity contribution in [3.8, 4) is 0 Å². The zero-order valence-corrected chi connectivity index (χ0v) is 11.1. The number of aliphatic carboxylic acids is 1. The maximum Gasteiger partial charge on any atom is 0.416 e. The quantitative estimate of drug-likeness (QED) is 0.907. The third-order valence-electron chi connectivity index (χ3n) is 3.72. The van der Waals surface area contributed by atoms with Crippen LogP contribution in [0.3, 0.4) is 0 Å². The van der Waals surface area contributed by atoms with Gasteiger partial charge in [0.15, 0.2) is 0 Å². The van der Waals surface area contributed by atoms with Crippen LogP contribution < -0.4 is 4.90 Å². The second-order valence-electron chi connectivity index (χ2n) is 5.10. The number of hydrogen-bond donors (Lipinski definition) is 1. The Kier molecular flexibility index (Phi) is 3.92. The molecule has 110 valence electrons. The lowest BCUT2D eigenvalue weighted by atomic mass is 9.96. The third kappa shape index (κ3) is 3.05. The number of carboxylic acids is 1. The molecule has 3 nitrogen and oxygen atoms in total. The standard InChI is InChI=1S/C14H16F3NO2/c1-9-2-3-11(14(15,16)17)8-12(9)18-6-4-10(5-7-18)13(19)20/h2-3,8,10H,4-7H2,1H3,(H,19,20). The Balaban J connectivity index is 2.19. The van der Waals surface area contributed by atoms with Gasteiger partial charge in [0.25, 0.3) is 0 Å². The van der Waals surface area contributed by atoms with Gasteiger partial charge in [0.2, 0.25) is 0 Å². The van der Waals surface area contributed by atoms with Gasteiger partial charge < -0.3 is 10.0 Å². The number of piperidine rings is 1. The van der Waals surface area contributed by atoms with Crippen molar-refractivity contribution in [1.82, 2.24) is 0 Å². The van der Waals surface area contributed by atoms with E-state index in [1.165, 1.54) is 6.07 Å². The van der Waals surface area contributed by atoms with Gasteiger partial charge in [-0.3, -0.25) is 4.79 Å². The summed E-state index contributed by atoms with van der Waals surface area (Å²) in [5, 5.41) is 8.93. The van der Waals surface area contributed by atoms with Crippen molar-refractivity contribution in [3.63, 3.8) is 0 Å². The molecule has 1 aliphatic heterocycles. The largest absolute Gasteiger partial charge is 0.481 e. The van der Waals surface area contributed by atoms with E-state index in [4.69, 9.17) is 5.11 Å². The second-order valence-corrected chi connectivity index (χ2v) is 5.10. The first kappa shape index (κ1) is 14.7. The molecule has 0 aromatic heterocycles. The summed E-state index contributed by atoms with van der Waals surface area (Å²) in [6.45, 7) is 2.71. The molecule has 1 aliphatic rings. The van der Waals surface area contributed by atoms with E-state index in [0.717, 1.165) is 17.7 Å². The number of hydrogen-bond acceptors (Lipinski definition) is 2. The summed E-state index contributed by atoms with van der Waals surface area (Å²) in [5.74, 6) is -1.22. The number of carboxylic acid groups (broad SMARTS) is 1. The molecule has 1 aromatic carbocycles. The number of aryl methyl sites for hydroxylation is 1. The summed E-state index contributed by atoms with van der Waals surface area (Å²) in [6.07, 6.45) is -3.43. The molecule has 0 amide bonds. The highest BCUT2D eigenvalue weighted by molar-refractivity contribution is 5.70. The van der Waals surface area contributed by atoms with Crippen LogP contribution in [0.1, 0.15) is 24.0 Å². The maximum atomic E-state index is 12.7. The van der Waals surface area contributed by atoms with Crippen molar-refractivity contribution in [1.29, 1.82) is 0 Å². The Bertz CT molecular complexity index is 506. The maximum absolute atomic E-state index is 12.7. The molecule has 1 heterocycles. The lowest BCUT2D eigenvalue weighted by Crippen LogP contribution is -2.36. The molecule has 0 spiro atoms. The van der Waals surface area contributed by atoms with Crippen LogP contribution in [0, 0.1) is 12.8 Å². The van der Waals surface area contributed by atoms with E-state index in [-0.39, 0.29) is 0 Å². The van der Waals surface area contributed by atoms with E-state index in [9.17, 15) is 18.0 Å². The second kappa shape index (κ2) is 5.34. The summed E-state index contributed by atoms with van der Waals surface area (Å²) < 4.78 is 38.2. The molecule has 1 saturated heterocycles. The fourth-order valence-electron chi connectivity index (χ4n) is 2.49. The predicted molar refractivity (Wildman–Crippen MR) is 68.8 cm³/mol. The molecule has 1 fully saturated rings. The van der Waals surface area contributed by atoms with Crippen LogP contribution in [-0.4, -0.2) is 24.2 Å². The molecule has 0 radical (unpaired) electrons. The molecule has 2 rings (SSSR count). The van der Waals surface area contributed by atoms with Gasteiger partial charge in [-0.2, -0.15) is 13.2 Å². The molecule has 0 unspecified atom stereocenters. The highest BCUT2D eigenvalue weighted by atomic mass is 19.4. The molecule has 6 heteroatoms. The summed E-state index contributed by atoms with van der Waals surface area (Å²) in [5.41, 5.74) is 0.647. The zero-order valence-electron chi connectivity index (χ0n) is 11.1. The SMILES string of the molecule is Cc1ccc(C(F)(F)F)cc1N1CCC(C(=O)O)CC1. The normalized spacial score (nSPS) is 17.3. The van der Waals surface area contributed by atoms with Crippen molar-refractivity contribution in [2.75, 3.05) is 18.0 Å². The first-order valence-corrected chi connectivity index (χ1v) is 6.44. The highest BCUT2D eigenvalue weighted by Crippen LogP contribution is 2.34. The van der Waals surface area contributed by atoms with Crippen LogP contribution in [-0.2, 0) is 11.0 Å². The Morgan fingerprint density at radius 3 is 2.40 bits per heavy atom. The van der Waals surface area contributed by atoms with E-state index in [2.05, 4.69) is 0 Å². The fourth-order valence-corrected chi connectivity index (χ4v) is 2.49. The van der Waals surface area contributed by atoms with Crippen LogP contribution in [0.2, 0.25) is 0 Å². The number of nitrogens with zero attached hydrogens (tertiary/aromatic N) is 1. The molecule has 1 aromatic rings. The van der Waals surface area contributed by atoms with Crippen molar-refractivity contribution >= 4 is 11.7 Å². The molecule has 1 N–H and O–H groups in total. The Hall–Kier alpha value is -1.72. The number of anilines is 1. The van der Waals surface area contributed by atoms with Crippen LogP contribution in [0.4, 0.5) is 18.9 Å². The molecule has 0 atom stereocenters. The van der Waals surface area contributed by atoms with Crippen molar-refractivity contribution in [2.24, 2.45) is 5.92 Å². The number of carbonyl (C=O) groups is 1. The molecular formula is C14H16F3NO2. The van der Waals surface area contributed by atoms with Crippen LogP contribution in [0.15, 0.2) is 18.2 Å². The zero-order chi connectivity index (χ0) is 14.9. The molecule has 20 heavy (non-hydrogen) atoms. The summed E-state index contributed by atoms with van der Waals surface area (Å²) in [4.78, 5) is 12.7. The predicted octanol–water partition coefficient (Wildman–Crippen LogP) is 3.31. The molecule has 0 saturated carbocycles. The number of halogens is 3. The van der Waals surface area contributed by atoms with Gasteiger partial charge in [0, 0.05) is 18.8 Å². The van der Waals surface area contributed by atoms with Crippen molar-refractivity contribution in [3.05, 3.63) is 29.3 Å². The number of alkyl halides is 3. The molecule has 0 aliphatic carbocycles. The average molecular weight is 287 g/mol. The minimum absolute atomic E-state index is 0.391. The topological polar surface area (TPSA) is 40.5 Å². The molecular weight excluding hydrogens is 271 g/mol. The van der Waals surface area contributed by atoms with Crippen molar-refractivity contribution < 1.29 is 23.1 Å². The summed E-state index contributed by atoms with van der Waals surface area (Å²) in [6, 6.07) is 3.68. The van der Waals surface area contributed by atoms with Crippen molar-refractivity contribution in [2.45, 2.75) is 25.9 Å². The Labute approximate surface area is 115 Å². The van der Waals surface area contributed by atoms with Crippen LogP contribution in [0.5, 0.6) is 0 Å². The Morgan fingerprint density at radius 2 is 1.90 bits per heavy atom. The first-order valence-electron chi connectivity index (χ1n) is 6.44. The number of rotatable bonds is 2. The minimum atomic E-state index is -4.36. The smallest absolute Gasteiger partial charge is 0.416 e. The van der Waals surface area contributed by atoms with Gasteiger partial charge in [-0.1, -0.05) is 6.07 Å². The van der Waals surface area contributed by atoms with Gasteiger partial charge in [-0.05, 0) is 37.5 Å². The van der Waals surface area contributed by atoms with Gasteiger partial charge >= 0.3 is 12.1 Å². The highest BCUT2D eigenvalue weighted by Gasteiger charge is 2.32. The van der Waals surface area contributed by atoms with E-state index in [1.54, 1.807) is 6.92 Å². The molecule has 0 bridgehead atoms. The van der Waals surface area contributed by atoms with Gasteiger partial charge in [-0.15, -0.1) is 0 Å². The fraction of sp³-hybridized carbons (Fsp3) is 0.500. The van der Waals surface area contributed by atoms with Gasteiger partial charge in [0.1, 0.15) is 0 Å². The van der Waals surface area contributed by atoms with Gasteiger partial charge in [-0.25, -0.2) is 0 Å². The summed E-state index contributed by atoms with van der Waals surface area (Å²) >= 11 is 0. The van der Waals surface area contributed by atoms with E-state index in [1.807, 2.05) is 4.90 Å². The minimum Gasteiger partial charge on any atom is -0.481 e. The van der Waals surface area contributed by atoms with Crippen LogP contribution in [0.25, 0.3) is 0 Å². The average Bonchev–Trinajstić information content (AvgIpc) is 2.38. The first-order chi connectivity index (χ1) is 9.29.